The highest BCUT2D eigenvalue weighted by atomic mass is 32.2. The summed E-state index contributed by atoms with van der Waals surface area (Å²) in [5, 5.41) is 9.14. The van der Waals surface area contributed by atoms with Crippen molar-refractivity contribution in [2.75, 3.05) is 19.1 Å². The van der Waals surface area contributed by atoms with Crippen LogP contribution in [0.4, 0.5) is 0 Å². The van der Waals surface area contributed by atoms with Crippen LogP contribution in [0, 0.1) is 16.7 Å². The summed E-state index contributed by atoms with van der Waals surface area (Å²) in [5.41, 5.74) is -0.694. The molecule has 4 heteroatoms. The zero-order valence-electron chi connectivity index (χ0n) is 10.3. The first-order valence-corrected chi connectivity index (χ1v) is 7.18. The van der Waals surface area contributed by atoms with Crippen molar-refractivity contribution in [2.24, 2.45) is 5.41 Å². The van der Waals surface area contributed by atoms with E-state index in [-0.39, 0.29) is 11.9 Å². The lowest BCUT2D eigenvalue weighted by molar-refractivity contribution is -0.143. The van der Waals surface area contributed by atoms with Crippen molar-refractivity contribution in [1.82, 2.24) is 4.90 Å². The lowest BCUT2D eigenvalue weighted by Crippen LogP contribution is -2.49. The summed E-state index contributed by atoms with van der Waals surface area (Å²) in [4.78, 5) is 14.0. The molecule has 1 aliphatic rings. The van der Waals surface area contributed by atoms with E-state index in [1.165, 1.54) is 0 Å². The maximum absolute atomic E-state index is 12.2. The molecule has 1 unspecified atom stereocenters. The number of hydrogen-bond donors (Lipinski definition) is 0. The first kappa shape index (κ1) is 13.4. The fraction of sp³-hybridized carbons (Fsp3) is 0.833. The summed E-state index contributed by atoms with van der Waals surface area (Å²) in [5.74, 6) is 0.974. The van der Waals surface area contributed by atoms with Crippen LogP contribution in [0.3, 0.4) is 0 Å². The normalized spacial score (nSPS) is 19.4. The van der Waals surface area contributed by atoms with Gasteiger partial charge in [-0.2, -0.15) is 17.0 Å². The Labute approximate surface area is 102 Å². The van der Waals surface area contributed by atoms with Crippen LogP contribution < -0.4 is 0 Å². The lowest BCUT2D eigenvalue weighted by Gasteiger charge is -2.39. The Bertz CT molecular complexity index is 294. The molecule has 1 rings (SSSR count). The Morgan fingerprint density at radius 1 is 1.62 bits per heavy atom. The van der Waals surface area contributed by atoms with Gasteiger partial charge in [0.1, 0.15) is 5.41 Å². The molecule has 1 fully saturated rings. The number of amides is 1. The van der Waals surface area contributed by atoms with Crippen molar-refractivity contribution in [2.45, 2.75) is 38.6 Å². The van der Waals surface area contributed by atoms with Gasteiger partial charge in [0.2, 0.25) is 5.91 Å². The fourth-order valence-corrected chi connectivity index (χ4v) is 2.95. The largest absolute Gasteiger partial charge is 0.341 e. The van der Waals surface area contributed by atoms with Gasteiger partial charge in [0.05, 0.1) is 6.07 Å². The van der Waals surface area contributed by atoms with Gasteiger partial charge < -0.3 is 4.90 Å². The molecule has 90 valence electrons. The third-order valence-electron chi connectivity index (χ3n) is 3.53. The van der Waals surface area contributed by atoms with Crippen molar-refractivity contribution >= 4 is 17.7 Å². The van der Waals surface area contributed by atoms with E-state index in [1.54, 1.807) is 16.7 Å². The van der Waals surface area contributed by atoms with Crippen LogP contribution in [-0.2, 0) is 4.79 Å². The average molecular weight is 240 g/mol. The molecule has 1 saturated carbocycles. The predicted octanol–water partition coefficient (Wildman–Crippen LogP) is 2.28. The molecule has 0 aromatic carbocycles. The highest BCUT2D eigenvalue weighted by Gasteiger charge is 2.46. The van der Waals surface area contributed by atoms with Gasteiger partial charge in [0.25, 0.3) is 0 Å². The fourth-order valence-electron chi connectivity index (χ4n) is 2.10. The first-order chi connectivity index (χ1) is 7.61. The van der Waals surface area contributed by atoms with Crippen LogP contribution in [0.15, 0.2) is 0 Å². The van der Waals surface area contributed by atoms with Crippen LogP contribution in [0.25, 0.3) is 0 Å². The highest BCUT2D eigenvalue weighted by Crippen LogP contribution is 2.42. The van der Waals surface area contributed by atoms with Gasteiger partial charge in [0, 0.05) is 18.8 Å². The summed E-state index contributed by atoms with van der Waals surface area (Å²) >= 11 is 1.75. The predicted molar refractivity (Wildman–Crippen MR) is 67.1 cm³/mol. The van der Waals surface area contributed by atoms with Gasteiger partial charge in [-0.3, -0.25) is 4.79 Å². The molecule has 16 heavy (non-hydrogen) atoms. The molecule has 0 heterocycles. The molecular formula is C12H20N2OS. The van der Waals surface area contributed by atoms with Gasteiger partial charge >= 0.3 is 0 Å². The Kier molecular flexibility index (Phi) is 4.67. The molecule has 0 bridgehead atoms. The van der Waals surface area contributed by atoms with E-state index in [2.05, 4.69) is 13.0 Å². The molecule has 0 radical (unpaired) electrons. The number of rotatable bonds is 5. The molecule has 0 saturated heterocycles. The first-order valence-electron chi connectivity index (χ1n) is 5.78. The second-order valence-electron chi connectivity index (χ2n) is 4.48. The third-order valence-corrected chi connectivity index (χ3v) is 4.25. The summed E-state index contributed by atoms with van der Waals surface area (Å²) in [7, 11) is 1.84. The van der Waals surface area contributed by atoms with Gasteiger partial charge in [-0.1, -0.05) is 6.92 Å². The number of carbonyl (C=O) groups is 1. The molecule has 1 amide bonds. The van der Waals surface area contributed by atoms with Gasteiger partial charge in [-0.05, 0) is 31.9 Å². The minimum atomic E-state index is -0.694. The van der Waals surface area contributed by atoms with Crippen LogP contribution in [0.2, 0.25) is 0 Å². The third kappa shape index (κ3) is 2.35. The van der Waals surface area contributed by atoms with E-state index < -0.39 is 5.41 Å². The number of thioether (sulfide) groups is 1. The van der Waals surface area contributed by atoms with Crippen LogP contribution >= 0.6 is 11.8 Å². The van der Waals surface area contributed by atoms with E-state index in [9.17, 15) is 4.79 Å². The molecular weight excluding hydrogens is 220 g/mol. The Balaban J connectivity index is 2.69. The van der Waals surface area contributed by atoms with Gasteiger partial charge in [0.15, 0.2) is 0 Å². The molecule has 0 spiro atoms. The minimum Gasteiger partial charge on any atom is -0.341 e. The second kappa shape index (κ2) is 5.58. The van der Waals surface area contributed by atoms with Gasteiger partial charge in [-0.25, -0.2) is 0 Å². The highest BCUT2D eigenvalue weighted by molar-refractivity contribution is 7.98. The van der Waals surface area contributed by atoms with Crippen molar-refractivity contribution in [3.8, 4) is 6.07 Å². The molecule has 0 N–H and O–H groups in total. The van der Waals surface area contributed by atoms with E-state index in [1.807, 2.05) is 13.3 Å². The van der Waals surface area contributed by atoms with Crippen LogP contribution in [0.1, 0.15) is 32.6 Å². The van der Waals surface area contributed by atoms with Crippen molar-refractivity contribution in [3.05, 3.63) is 0 Å². The van der Waals surface area contributed by atoms with E-state index in [4.69, 9.17) is 5.26 Å². The second-order valence-corrected chi connectivity index (χ2v) is 5.39. The van der Waals surface area contributed by atoms with Crippen molar-refractivity contribution in [3.63, 3.8) is 0 Å². The Hall–Kier alpha value is -0.690. The number of nitrogens with zero attached hydrogens (tertiary/aromatic N) is 2. The summed E-state index contributed by atoms with van der Waals surface area (Å²) in [6, 6.07) is 2.48. The van der Waals surface area contributed by atoms with E-state index in [0.29, 0.717) is 0 Å². The smallest absolute Gasteiger partial charge is 0.243 e. The average Bonchev–Trinajstić information content (AvgIpc) is 2.24. The SMILES string of the molecule is CCC(CSC)N(C)C(=O)C1(C#N)CCC1. The van der Waals surface area contributed by atoms with Crippen LogP contribution in [-0.4, -0.2) is 35.9 Å². The van der Waals surface area contributed by atoms with Crippen molar-refractivity contribution in [1.29, 1.82) is 5.26 Å². The van der Waals surface area contributed by atoms with Crippen LogP contribution in [0.5, 0.6) is 0 Å². The van der Waals surface area contributed by atoms with Gasteiger partial charge in [-0.15, -0.1) is 0 Å². The summed E-state index contributed by atoms with van der Waals surface area (Å²) in [6.07, 6.45) is 5.48. The lowest BCUT2D eigenvalue weighted by atomic mass is 9.69. The standard InChI is InChI=1S/C12H20N2OS/c1-4-10(8-16-3)14(2)11(15)12(9-13)6-5-7-12/h10H,4-8H2,1-3H3. The van der Waals surface area contributed by atoms with Crippen molar-refractivity contribution < 1.29 is 4.79 Å². The van der Waals surface area contributed by atoms with E-state index in [0.717, 1.165) is 31.4 Å². The van der Waals surface area contributed by atoms with E-state index >= 15 is 0 Å². The molecule has 0 aliphatic heterocycles. The molecule has 1 aliphatic carbocycles. The summed E-state index contributed by atoms with van der Waals surface area (Å²) < 4.78 is 0. The topological polar surface area (TPSA) is 44.1 Å². The maximum Gasteiger partial charge on any atom is 0.243 e. The minimum absolute atomic E-state index is 0.0298. The number of nitriles is 1. The molecule has 0 aromatic rings. The monoisotopic (exact) mass is 240 g/mol. The Morgan fingerprint density at radius 2 is 2.25 bits per heavy atom. The maximum atomic E-state index is 12.2. The summed E-state index contributed by atoms with van der Waals surface area (Å²) in [6.45, 7) is 2.09. The molecule has 3 nitrogen and oxygen atoms in total. The quantitative estimate of drug-likeness (QED) is 0.740. The molecule has 0 aromatic heterocycles. The number of hydrogen-bond acceptors (Lipinski definition) is 3. The zero-order chi connectivity index (χ0) is 12.2. The number of carbonyl (C=O) groups excluding carboxylic acids is 1. The molecule has 1 atom stereocenters. The Morgan fingerprint density at radius 3 is 2.56 bits per heavy atom. The zero-order valence-corrected chi connectivity index (χ0v) is 11.1.